The predicted octanol–water partition coefficient (Wildman–Crippen LogP) is 5.49. The van der Waals surface area contributed by atoms with E-state index in [2.05, 4.69) is 33.0 Å². The summed E-state index contributed by atoms with van der Waals surface area (Å²) in [5, 5.41) is 3.49. The number of rotatable bonds is 6. The molecular formula is C17H26F3N. The van der Waals surface area contributed by atoms with Crippen molar-refractivity contribution >= 4 is 0 Å². The number of hydrogen-bond acceptors (Lipinski definition) is 1. The largest absolute Gasteiger partial charge is 0.416 e. The van der Waals surface area contributed by atoms with Crippen molar-refractivity contribution in [2.45, 2.75) is 59.7 Å². The third kappa shape index (κ3) is 4.47. The van der Waals surface area contributed by atoms with E-state index in [0.29, 0.717) is 5.56 Å². The van der Waals surface area contributed by atoms with Gasteiger partial charge in [0.25, 0.3) is 0 Å². The van der Waals surface area contributed by atoms with Gasteiger partial charge in [-0.05, 0) is 55.0 Å². The number of alkyl halides is 3. The molecule has 4 heteroatoms. The van der Waals surface area contributed by atoms with E-state index in [0.717, 1.165) is 24.9 Å². The number of hydrogen-bond donors (Lipinski definition) is 1. The first-order chi connectivity index (χ1) is 9.63. The fourth-order valence-electron chi connectivity index (χ4n) is 2.48. The molecule has 0 fully saturated rings. The maximum atomic E-state index is 12.8. The molecule has 0 aromatic heterocycles. The fraction of sp³-hybridized carbons (Fsp3) is 0.647. The zero-order chi connectivity index (χ0) is 16.3. The molecule has 1 rings (SSSR count). The molecule has 1 aromatic carbocycles. The Morgan fingerprint density at radius 3 is 2.19 bits per heavy atom. The molecule has 0 amide bonds. The second-order valence-electron chi connectivity index (χ2n) is 6.30. The Hall–Kier alpha value is -1.03. The van der Waals surface area contributed by atoms with Crippen LogP contribution in [0.25, 0.3) is 0 Å². The standard InChI is InChI=1S/C17H26F3N/c1-6-10-21-15(16(4,5)7-2)14-9-8-13(11-12(14)3)17(18,19)20/h8-9,11,15,21H,6-7,10H2,1-5H3. The SMILES string of the molecule is CCCNC(c1ccc(C(F)(F)F)cc1C)C(C)(C)CC. The van der Waals surface area contributed by atoms with Gasteiger partial charge in [-0.2, -0.15) is 13.2 Å². The van der Waals surface area contributed by atoms with Gasteiger partial charge in [0.15, 0.2) is 0 Å². The number of halogens is 3. The second kappa shape index (κ2) is 6.82. The third-order valence-electron chi connectivity index (χ3n) is 4.20. The Morgan fingerprint density at radius 1 is 1.14 bits per heavy atom. The van der Waals surface area contributed by atoms with Crippen molar-refractivity contribution in [2.75, 3.05) is 6.54 Å². The molecule has 1 aromatic rings. The first-order valence-electron chi connectivity index (χ1n) is 7.54. The van der Waals surface area contributed by atoms with Crippen LogP contribution < -0.4 is 5.32 Å². The summed E-state index contributed by atoms with van der Waals surface area (Å²) in [7, 11) is 0. The van der Waals surface area contributed by atoms with E-state index in [1.165, 1.54) is 12.1 Å². The molecule has 0 aliphatic carbocycles. The molecule has 1 unspecified atom stereocenters. The van der Waals surface area contributed by atoms with Gasteiger partial charge in [0.2, 0.25) is 0 Å². The molecule has 0 bridgehead atoms. The quantitative estimate of drug-likeness (QED) is 0.732. The van der Waals surface area contributed by atoms with Gasteiger partial charge in [0.05, 0.1) is 5.56 Å². The topological polar surface area (TPSA) is 12.0 Å². The maximum absolute atomic E-state index is 12.8. The summed E-state index contributed by atoms with van der Waals surface area (Å²) in [4.78, 5) is 0. The summed E-state index contributed by atoms with van der Waals surface area (Å²) in [6.45, 7) is 11.1. The molecule has 0 saturated carbocycles. The van der Waals surface area contributed by atoms with Crippen molar-refractivity contribution in [3.63, 3.8) is 0 Å². The molecule has 1 N–H and O–H groups in total. The highest BCUT2D eigenvalue weighted by atomic mass is 19.4. The monoisotopic (exact) mass is 301 g/mol. The van der Waals surface area contributed by atoms with E-state index in [4.69, 9.17) is 0 Å². The van der Waals surface area contributed by atoms with Crippen molar-refractivity contribution in [2.24, 2.45) is 5.41 Å². The average molecular weight is 301 g/mol. The van der Waals surface area contributed by atoms with Crippen LogP contribution in [0.4, 0.5) is 13.2 Å². The number of aryl methyl sites for hydroxylation is 1. The highest BCUT2D eigenvalue weighted by Crippen LogP contribution is 2.39. The minimum Gasteiger partial charge on any atom is -0.309 e. The molecule has 0 spiro atoms. The second-order valence-corrected chi connectivity index (χ2v) is 6.30. The van der Waals surface area contributed by atoms with Crippen LogP contribution in [0, 0.1) is 12.3 Å². The predicted molar refractivity (Wildman–Crippen MR) is 81.3 cm³/mol. The van der Waals surface area contributed by atoms with Crippen molar-refractivity contribution in [1.82, 2.24) is 5.32 Å². The lowest BCUT2D eigenvalue weighted by molar-refractivity contribution is -0.137. The molecule has 120 valence electrons. The zero-order valence-electron chi connectivity index (χ0n) is 13.6. The van der Waals surface area contributed by atoms with Crippen LogP contribution in [-0.4, -0.2) is 6.54 Å². The van der Waals surface area contributed by atoms with Gasteiger partial charge in [-0.3, -0.25) is 0 Å². The number of nitrogens with one attached hydrogen (secondary N) is 1. The van der Waals surface area contributed by atoms with E-state index in [1.807, 2.05) is 0 Å². The van der Waals surface area contributed by atoms with Crippen LogP contribution in [0.3, 0.4) is 0 Å². The molecule has 0 aliphatic rings. The summed E-state index contributed by atoms with van der Waals surface area (Å²) in [6.07, 6.45) is -2.33. The van der Waals surface area contributed by atoms with Crippen LogP contribution in [0.1, 0.15) is 63.3 Å². The summed E-state index contributed by atoms with van der Waals surface area (Å²) >= 11 is 0. The molecule has 1 nitrogen and oxygen atoms in total. The highest BCUT2D eigenvalue weighted by Gasteiger charge is 2.33. The lowest BCUT2D eigenvalue weighted by atomic mass is 9.77. The Morgan fingerprint density at radius 2 is 1.76 bits per heavy atom. The maximum Gasteiger partial charge on any atom is 0.416 e. The number of benzene rings is 1. The van der Waals surface area contributed by atoms with E-state index >= 15 is 0 Å². The molecule has 0 heterocycles. The summed E-state index contributed by atoms with van der Waals surface area (Å²) in [5.74, 6) is 0. The smallest absolute Gasteiger partial charge is 0.309 e. The summed E-state index contributed by atoms with van der Waals surface area (Å²) in [6, 6.07) is 4.13. The molecule has 0 saturated heterocycles. The lowest BCUT2D eigenvalue weighted by Gasteiger charge is -2.36. The Bertz CT molecular complexity index is 464. The van der Waals surface area contributed by atoms with Crippen LogP contribution in [0.15, 0.2) is 18.2 Å². The van der Waals surface area contributed by atoms with Crippen molar-refractivity contribution < 1.29 is 13.2 Å². The van der Waals surface area contributed by atoms with E-state index in [9.17, 15) is 13.2 Å². The van der Waals surface area contributed by atoms with Gasteiger partial charge in [-0.1, -0.05) is 33.8 Å². The van der Waals surface area contributed by atoms with Gasteiger partial charge in [-0.15, -0.1) is 0 Å². The van der Waals surface area contributed by atoms with Gasteiger partial charge in [0.1, 0.15) is 0 Å². The Labute approximate surface area is 125 Å². The molecular weight excluding hydrogens is 275 g/mol. The van der Waals surface area contributed by atoms with Crippen molar-refractivity contribution in [1.29, 1.82) is 0 Å². The highest BCUT2D eigenvalue weighted by molar-refractivity contribution is 5.35. The normalized spacial score (nSPS) is 14.3. The van der Waals surface area contributed by atoms with E-state index in [1.54, 1.807) is 13.0 Å². The van der Waals surface area contributed by atoms with E-state index < -0.39 is 11.7 Å². The summed E-state index contributed by atoms with van der Waals surface area (Å²) in [5.41, 5.74) is 1.07. The minimum absolute atomic E-state index is 0.0142. The van der Waals surface area contributed by atoms with E-state index in [-0.39, 0.29) is 11.5 Å². The first-order valence-corrected chi connectivity index (χ1v) is 7.54. The first kappa shape index (κ1) is 18.0. The molecule has 0 radical (unpaired) electrons. The van der Waals surface area contributed by atoms with Crippen molar-refractivity contribution in [3.05, 3.63) is 34.9 Å². The van der Waals surface area contributed by atoms with Gasteiger partial charge in [0, 0.05) is 6.04 Å². The summed E-state index contributed by atoms with van der Waals surface area (Å²) < 4.78 is 38.4. The Kier molecular flexibility index (Phi) is 5.85. The molecule has 1 atom stereocenters. The molecule has 21 heavy (non-hydrogen) atoms. The van der Waals surface area contributed by atoms with Crippen LogP contribution in [0.5, 0.6) is 0 Å². The third-order valence-corrected chi connectivity index (χ3v) is 4.20. The van der Waals surface area contributed by atoms with Crippen LogP contribution in [0.2, 0.25) is 0 Å². The van der Waals surface area contributed by atoms with Crippen LogP contribution in [-0.2, 0) is 6.18 Å². The van der Waals surface area contributed by atoms with Gasteiger partial charge < -0.3 is 5.32 Å². The Balaban J connectivity index is 3.20. The fourth-order valence-corrected chi connectivity index (χ4v) is 2.48. The van der Waals surface area contributed by atoms with Gasteiger partial charge >= 0.3 is 6.18 Å². The van der Waals surface area contributed by atoms with Crippen LogP contribution >= 0.6 is 0 Å². The lowest BCUT2D eigenvalue weighted by Crippen LogP contribution is -2.35. The molecule has 0 aliphatic heterocycles. The minimum atomic E-state index is -4.28. The van der Waals surface area contributed by atoms with Crippen molar-refractivity contribution in [3.8, 4) is 0 Å². The van der Waals surface area contributed by atoms with Gasteiger partial charge in [-0.25, -0.2) is 0 Å². The zero-order valence-corrected chi connectivity index (χ0v) is 13.6. The average Bonchev–Trinajstić information content (AvgIpc) is 2.39.